The predicted molar refractivity (Wildman–Crippen MR) is 84.9 cm³/mol. The lowest BCUT2D eigenvalue weighted by molar-refractivity contribution is 0.724. The maximum atomic E-state index is 4.54. The van der Waals surface area contributed by atoms with E-state index in [-0.39, 0.29) is 0 Å². The largest absolute Gasteiger partial charge is 0.355 e. The summed E-state index contributed by atoms with van der Waals surface area (Å²) in [6.07, 6.45) is 1.95. The van der Waals surface area contributed by atoms with Crippen molar-refractivity contribution in [1.29, 1.82) is 0 Å². The molecule has 0 saturated heterocycles. The summed E-state index contributed by atoms with van der Waals surface area (Å²) in [5.41, 5.74) is 3.89. The average molecular weight is 269 g/mol. The monoisotopic (exact) mass is 269 g/mol. The second kappa shape index (κ2) is 7.06. The molecule has 3 heteroatoms. The minimum Gasteiger partial charge on any atom is -0.355 e. The number of nitrogens with one attached hydrogen (secondary N) is 1. The summed E-state index contributed by atoms with van der Waals surface area (Å²) >= 11 is 0. The topological polar surface area (TPSA) is 28.2 Å². The number of benzene rings is 1. The Labute approximate surface area is 121 Å². The SMILES string of the molecule is CCNCc1ccc(N(C)Cc2ccccc2C)nc1. The van der Waals surface area contributed by atoms with E-state index < -0.39 is 0 Å². The Morgan fingerprint density at radius 1 is 1.15 bits per heavy atom. The molecule has 0 unspecified atom stereocenters. The zero-order valence-corrected chi connectivity index (χ0v) is 12.6. The van der Waals surface area contributed by atoms with Gasteiger partial charge >= 0.3 is 0 Å². The first-order valence-corrected chi connectivity index (χ1v) is 7.12. The quantitative estimate of drug-likeness (QED) is 0.873. The van der Waals surface area contributed by atoms with Gasteiger partial charge in [0.15, 0.2) is 0 Å². The van der Waals surface area contributed by atoms with Crippen molar-refractivity contribution < 1.29 is 0 Å². The van der Waals surface area contributed by atoms with Crippen molar-refractivity contribution in [2.24, 2.45) is 0 Å². The normalized spacial score (nSPS) is 10.6. The number of hydrogen-bond acceptors (Lipinski definition) is 3. The first kappa shape index (κ1) is 14.5. The van der Waals surface area contributed by atoms with Gasteiger partial charge in [0.25, 0.3) is 0 Å². The molecule has 3 nitrogen and oxygen atoms in total. The van der Waals surface area contributed by atoms with Gasteiger partial charge in [0.1, 0.15) is 5.82 Å². The number of nitrogens with zero attached hydrogens (tertiary/aromatic N) is 2. The molecule has 2 rings (SSSR count). The Hall–Kier alpha value is -1.87. The molecule has 106 valence electrons. The molecule has 0 saturated carbocycles. The third-order valence-electron chi connectivity index (χ3n) is 3.45. The molecular formula is C17H23N3. The number of anilines is 1. The van der Waals surface area contributed by atoms with Gasteiger partial charge < -0.3 is 10.2 Å². The molecule has 0 bridgehead atoms. The molecule has 1 N–H and O–H groups in total. The van der Waals surface area contributed by atoms with Gasteiger partial charge in [-0.05, 0) is 36.2 Å². The molecule has 0 aliphatic carbocycles. The van der Waals surface area contributed by atoms with Gasteiger partial charge in [-0.15, -0.1) is 0 Å². The third-order valence-corrected chi connectivity index (χ3v) is 3.45. The van der Waals surface area contributed by atoms with E-state index in [1.54, 1.807) is 0 Å². The molecule has 20 heavy (non-hydrogen) atoms. The molecule has 0 amide bonds. The first-order valence-electron chi connectivity index (χ1n) is 7.12. The molecule has 0 fully saturated rings. The summed E-state index contributed by atoms with van der Waals surface area (Å²) < 4.78 is 0. The fourth-order valence-electron chi connectivity index (χ4n) is 2.14. The molecule has 0 spiro atoms. The summed E-state index contributed by atoms with van der Waals surface area (Å²) in [5, 5.41) is 3.31. The van der Waals surface area contributed by atoms with E-state index in [4.69, 9.17) is 0 Å². The second-order valence-corrected chi connectivity index (χ2v) is 5.09. The predicted octanol–water partition coefficient (Wildman–Crippen LogP) is 3.14. The summed E-state index contributed by atoms with van der Waals surface area (Å²) in [5.74, 6) is 1.01. The van der Waals surface area contributed by atoms with Gasteiger partial charge in [0.05, 0.1) is 0 Å². The van der Waals surface area contributed by atoms with Crippen molar-refractivity contribution in [1.82, 2.24) is 10.3 Å². The summed E-state index contributed by atoms with van der Waals surface area (Å²) in [7, 11) is 2.08. The highest BCUT2D eigenvalue weighted by Gasteiger charge is 2.05. The zero-order valence-electron chi connectivity index (χ0n) is 12.6. The summed E-state index contributed by atoms with van der Waals surface area (Å²) in [6.45, 7) is 7.00. The number of aromatic nitrogens is 1. The fraction of sp³-hybridized carbons (Fsp3) is 0.353. The van der Waals surface area contributed by atoms with Crippen LogP contribution < -0.4 is 10.2 Å². The smallest absolute Gasteiger partial charge is 0.128 e. The lowest BCUT2D eigenvalue weighted by atomic mass is 10.1. The van der Waals surface area contributed by atoms with E-state index in [2.05, 4.69) is 72.5 Å². The maximum absolute atomic E-state index is 4.54. The van der Waals surface area contributed by atoms with Gasteiger partial charge in [-0.25, -0.2) is 4.98 Å². The Morgan fingerprint density at radius 3 is 2.60 bits per heavy atom. The van der Waals surface area contributed by atoms with Crippen LogP contribution in [0.1, 0.15) is 23.6 Å². The van der Waals surface area contributed by atoms with Crippen molar-refractivity contribution in [2.45, 2.75) is 26.9 Å². The number of aryl methyl sites for hydroxylation is 1. The molecule has 0 atom stereocenters. The third kappa shape index (κ3) is 3.81. The highest BCUT2D eigenvalue weighted by Crippen LogP contribution is 2.15. The van der Waals surface area contributed by atoms with Crippen LogP contribution in [-0.4, -0.2) is 18.6 Å². The van der Waals surface area contributed by atoms with Crippen molar-refractivity contribution in [3.63, 3.8) is 0 Å². The Morgan fingerprint density at radius 2 is 1.95 bits per heavy atom. The van der Waals surface area contributed by atoms with Gasteiger partial charge in [0, 0.05) is 26.3 Å². The van der Waals surface area contributed by atoms with Crippen LogP contribution in [0.2, 0.25) is 0 Å². The van der Waals surface area contributed by atoms with Crippen molar-refractivity contribution in [3.8, 4) is 0 Å². The molecule has 1 heterocycles. The van der Waals surface area contributed by atoms with E-state index in [1.807, 2.05) is 6.20 Å². The van der Waals surface area contributed by atoms with Crippen LogP contribution in [0.4, 0.5) is 5.82 Å². The average Bonchev–Trinajstić information content (AvgIpc) is 2.48. The lowest BCUT2D eigenvalue weighted by Crippen LogP contribution is -2.18. The van der Waals surface area contributed by atoms with E-state index in [0.29, 0.717) is 0 Å². The van der Waals surface area contributed by atoms with E-state index in [9.17, 15) is 0 Å². The van der Waals surface area contributed by atoms with Crippen molar-refractivity contribution >= 4 is 5.82 Å². The van der Waals surface area contributed by atoms with Crippen LogP contribution in [-0.2, 0) is 13.1 Å². The molecule has 2 aromatic rings. The molecule has 0 aliphatic rings. The van der Waals surface area contributed by atoms with Crippen LogP contribution in [0.15, 0.2) is 42.6 Å². The van der Waals surface area contributed by atoms with Crippen molar-refractivity contribution in [3.05, 3.63) is 59.3 Å². The number of rotatable bonds is 6. The Kier molecular flexibility index (Phi) is 5.13. The summed E-state index contributed by atoms with van der Waals surface area (Å²) in [4.78, 5) is 6.72. The van der Waals surface area contributed by atoms with E-state index in [1.165, 1.54) is 16.7 Å². The van der Waals surface area contributed by atoms with Crippen LogP contribution in [0.3, 0.4) is 0 Å². The number of hydrogen-bond donors (Lipinski definition) is 1. The highest BCUT2D eigenvalue weighted by atomic mass is 15.2. The van der Waals surface area contributed by atoms with Gasteiger partial charge in [-0.1, -0.05) is 37.3 Å². The molecule has 1 aromatic heterocycles. The molecule has 0 aliphatic heterocycles. The Bertz CT molecular complexity index is 534. The standard InChI is InChI=1S/C17H23N3/c1-4-18-11-15-9-10-17(19-12-15)20(3)13-16-8-6-5-7-14(16)2/h5-10,12,18H,4,11,13H2,1-3H3. The fourth-order valence-corrected chi connectivity index (χ4v) is 2.14. The second-order valence-electron chi connectivity index (χ2n) is 5.09. The lowest BCUT2D eigenvalue weighted by Gasteiger charge is -2.19. The molecular weight excluding hydrogens is 246 g/mol. The van der Waals surface area contributed by atoms with Gasteiger partial charge in [0.2, 0.25) is 0 Å². The minimum atomic E-state index is 0.880. The van der Waals surface area contributed by atoms with Gasteiger partial charge in [-0.2, -0.15) is 0 Å². The van der Waals surface area contributed by atoms with E-state index in [0.717, 1.165) is 25.5 Å². The first-order chi connectivity index (χ1) is 9.70. The Balaban J connectivity index is 2.02. The summed E-state index contributed by atoms with van der Waals surface area (Å²) in [6, 6.07) is 12.7. The minimum absolute atomic E-state index is 0.880. The van der Waals surface area contributed by atoms with Crippen LogP contribution in [0.25, 0.3) is 0 Å². The van der Waals surface area contributed by atoms with Crippen molar-refractivity contribution in [2.75, 3.05) is 18.5 Å². The molecule has 1 aromatic carbocycles. The van der Waals surface area contributed by atoms with Gasteiger partial charge in [-0.3, -0.25) is 0 Å². The van der Waals surface area contributed by atoms with Crippen LogP contribution in [0, 0.1) is 6.92 Å². The maximum Gasteiger partial charge on any atom is 0.128 e. The molecule has 0 radical (unpaired) electrons. The highest BCUT2D eigenvalue weighted by molar-refractivity contribution is 5.40. The van der Waals surface area contributed by atoms with Crippen LogP contribution >= 0.6 is 0 Å². The zero-order chi connectivity index (χ0) is 14.4. The van der Waals surface area contributed by atoms with Crippen LogP contribution in [0.5, 0.6) is 0 Å². The van der Waals surface area contributed by atoms with E-state index >= 15 is 0 Å². The number of pyridine rings is 1.